The van der Waals surface area contributed by atoms with Crippen LogP contribution in [0.4, 0.5) is 0 Å². The zero-order valence-corrected chi connectivity index (χ0v) is 10.9. The van der Waals surface area contributed by atoms with Gasteiger partial charge in [-0.25, -0.2) is 0 Å². The number of hydrogen-bond acceptors (Lipinski definition) is 4. The lowest BCUT2D eigenvalue weighted by Crippen LogP contribution is -2.54. The average molecular weight is 264 g/mol. The van der Waals surface area contributed by atoms with Crippen molar-refractivity contribution in [2.24, 2.45) is 0 Å². The molecule has 19 heavy (non-hydrogen) atoms. The molecule has 6 heteroatoms. The minimum absolute atomic E-state index is 0.0741. The first kappa shape index (κ1) is 12.2. The molecular formula is C13H16N2O4. The van der Waals surface area contributed by atoms with Gasteiger partial charge in [0, 0.05) is 18.3 Å². The molecule has 1 fully saturated rings. The molecule has 102 valence electrons. The Morgan fingerprint density at radius 2 is 2.16 bits per heavy atom. The zero-order valence-electron chi connectivity index (χ0n) is 10.9. The summed E-state index contributed by atoms with van der Waals surface area (Å²) in [5, 5.41) is 9.92. The molecule has 3 heterocycles. The van der Waals surface area contributed by atoms with Crippen LogP contribution in [-0.4, -0.2) is 39.4 Å². The Labute approximate surface area is 110 Å². The fourth-order valence-electron chi connectivity index (χ4n) is 2.71. The van der Waals surface area contributed by atoms with Crippen molar-refractivity contribution in [3.8, 4) is 5.75 Å². The molecule has 2 aliphatic rings. The fourth-order valence-corrected chi connectivity index (χ4v) is 2.71. The largest absolute Gasteiger partial charge is 0.503 e. The summed E-state index contributed by atoms with van der Waals surface area (Å²) in [6.07, 6.45) is 2.17. The van der Waals surface area contributed by atoms with Gasteiger partial charge in [0.2, 0.25) is 5.43 Å². The van der Waals surface area contributed by atoms with Crippen molar-refractivity contribution < 1.29 is 14.6 Å². The number of ether oxygens (including phenoxy) is 1. The smallest absolute Gasteiger partial charge is 0.276 e. The van der Waals surface area contributed by atoms with Crippen LogP contribution in [0.2, 0.25) is 0 Å². The van der Waals surface area contributed by atoms with Crippen LogP contribution >= 0.6 is 0 Å². The summed E-state index contributed by atoms with van der Waals surface area (Å²) < 4.78 is 7.37. The van der Waals surface area contributed by atoms with Crippen LogP contribution in [-0.2, 0) is 11.3 Å². The van der Waals surface area contributed by atoms with Gasteiger partial charge in [-0.1, -0.05) is 0 Å². The number of aromatic nitrogens is 1. The first-order chi connectivity index (χ1) is 8.99. The van der Waals surface area contributed by atoms with Crippen molar-refractivity contribution in [2.75, 3.05) is 6.54 Å². The van der Waals surface area contributed by atoms with E-state index in [1.807, 2.05) is 6.92 Å². The van der Waals surface area contributed by atoms with Crippen molar-refractivity contribution in [3.05, 3.63) is 27.7 Å². The lowest BCUT2D eigenvalue weighted by molar-refractivity contribution is -0.127. The van der Waals surface area contributed by atoms with Crippen molar-refractivity contribution in [1.29, 1.82) is 0 Å². The molecule has 1 N–H and O–H groups in total. The van der Waals surface area contributed by atoms with Gasteiger partial charge in [-0.2, -0.15) is 0 Å². The second-order valence-corrected chi connectivity index (χ2v) is 5.18. The number of aromatic hydroxyl groups is 1. The van der Waals surface area contributed by atoms with E-state index >= 15 is 0 Å². The van der Waals surface area contributed by atoms with E-state index in [4.69, 9.17) is 4.74 Å². The quantitative estimate of drug-likeness (QED) is 0.738. The van der Waals surface area contributed by atoms with Gasteiger partial charge in [-0.15, -0.1) is 0 Å². The molecule has 1 aromatic rings. The lowest BCUT2D eigenvalue weighted by Gasteiger charge is -2.42. The summed E-state index contributed by atoms with van der Waals surface area (Å²) in [4.78, 5) is 25.7. The summed E-state index contributed by atoms with van der Waals surface area (Å²) in [6, 6.07) is 0. The second-order valence-electron chi connectivity index (χ2n) is 5.18. The molecule has 0 spiro atoms. The normalized spacial score (nSPS) is 26.0. The van der Waals surface area contributed by atoms with Crippen LogP contribution in [0.3, 0.4) is 0 Å². The number of fused-ring (bicyclic) bond motifs is 2. The summed E-state index contributed by atoms with van der Waals surface area (Å²) in [5.74, 6) is -0.792. The molecule has 6 nitrogen and oxygen atoms in total. The summed E-state index contributed by atoms with van der Waals surface area (Å²) in [7, 11) is 0. The molecule has 0 unspecified atom stereocenters. The predicted octanol–water partition coefficient (Wildman–Crippen LogP) is 0.453. The number of carbonyl (C=O) groups is 1. The third-order valence-electron chi connectivity index (χ3n) is 3.76. The van der Waals surface area contributed by atoms with Gasteiger partial charge in [0.15, 0.2) is 17.7 Å². The molecule has 0 saturated carbocycles. The van der Waals surface area contributed by atoms with Gasteiger partial charge >= 0.3 is 0 Å². The molecule has 1 aromatic heterocycles. The molecule has 0 aromatic carbocycles. The molecule has 2 atom stereocenters. The standard InChI is InChI=1S/C13H16N2O4/c1-7-5-14-6-9-15(4-3-8(2)19-9)13(18)10(14)12(17)11(7)16/h5,8-9,17H,3-4,6H2,1-2H3/t8-,9+/m1/s1. The zero-order chi connectivity index (χ0) is 13.7. The highest BCUT2D eigenvalue weighted by Gasteiger charge is 2.38. The molecule has 1 saturated heterocycles. The van der Waals surface area contributed by atoms with E-state index < -0.39 is 11.2 Å². The molecule has 0 radical (unpaired) electrons. The van der Waals surface area contributed by atoms with Gasteiger partial charge in [0.25, 0.3) is 5.91 Å². The van der Waals surface area contributed by atoms with E-state index in [1.165, 1.54) is 0 Å². The maximum Gasteiger partial charge on any atom is 0.276 e. The van der Waals surface area contributed by atoms with Gasteiger partial charge in [-0.05, 0) is 20.3 Å². The Balaban J connectivity index is 2.11. The van der Waals surface area contributed by atoms with E-state index in [9.17, 15) is 14.7 Å². The van der Waals surface area contributed by atoms with E-state index in [1.54, 1.807) is 22.6 Å². The topological polar surface area (TPSA) is 71.8 Å². The van der Waals surface area contributed by atoms with Gasteiger partial charge in [0.1, 0.15) is 0 Å². The van der Waals surface area contributed by atoms with E-state index in [0.717, 1.165) is 6.42 Å². The maximum absolute atomic E-state index is 12.4. The predicted molar refractivity (Wildman–Crippen MR) is 67.1 cm³/mol. The Morgan fingerprint density at radius 1 is 1.42 bits per heavy atom. The number of carbonyl (C=O) groups excluding carboxylic acids is 1. The van der Waals surface area contributed by atoms with Crippen LogP contribution in [0.25, 0.3) is 0 Å². The maximum atomic E-state index is 12.4. The molecule has 3 rings (SSSR count). The van der Waals surface area contributed by atoms with Crippen LogP contribution < -0.4 is 5.43 Å². The minimum Gasteiger partial charge on any atom is -0.503 e. The van der Waals surface area contributed by atoms with Crippen molar-refractivity contribution >= 4 is 5.91 Å². The number of hydrogen-bond donors (Lipinski definition) is 1. The summed E-state index contributed by atoms with van der Waals surface area (Å²) in [6.45, 7) is 4.63. The van der Waals surface area contributed by atoms with E-state index in [2.05, 4.69) is 0 Å². The Morgan fingerprint density at radius 3 is 2.89 bits per heavy atom. The van der Waals surface area contributed by atoms with E-state index in [-0.39, 0.29) is 23.9 Å². The first-order valence-corrected chi connectivity index (χ1v) is 6.38. The van der Waals surface area contributed by atoms with Gasteiger partial charge < -0.3 is 19.3 Å². The van der Waals surface area contributed by atoms with Crippen LogP contribution in [0.5, 0.6) is 5.75 Å². The number of rotatable bonds is 0. The number of pyridine rings is 1. The Hall–Kier alpha value is -1.82. The molecule has 2 aliphatic heterocycles. The third kappa shape index (κ3) is 1.74. The Bertz CT molecular complexity index is 607. The average Bonchev–Trinajstić information content (AvgIpc) is 2.35. The van der Waals surface area contributed by atoms with Crippen molar-refractivity contribution in [1.82, 2.24) is 9.47 Å². The highest BCUT2D eigenvalue weighted by Crippen LogP contribution is 2.27. The SMILES string of the molecule is Cc1cn2c(c(O)c1=O)C(=O)N1CC[C@@H](C)O[C@H]1C2. The van der Waals surface area contributed by atoms with Crippen LogP contribution in [0.15, 0.2) is 11.0 Å². The second kappa shape index (κ2) is 4.09. The van der Waals surface area contributed by atoms with Crippen LogP contribution in [0.1, 0.15) is 29.4 Å². The molecule has 0 bridgehead atoms. The first-order valence-electron chi connectivity index (χ1n) is 6.38. The van der Waals surface area contributed by atoms with E-state index in [0.29, 0.717) is 18.7 Å². The minimum atomic E-state index is -0.482. The van der Waals surface area contributed by atoms with Crippen LogP contribution in [0, 0.1) is 6.92 Å². The van der Waals surface area contributed by atoms with Crippen molar-refractivity contribution in [2.45, 2.75) is 39.1 Å². The van der Waals surface area contributed by atoms with Gasteiger partial charge in [-0.3, -0.25) is 9.59 Å². The third-order valence-corrected chi connectivity index (χ3v) is 3.76. The highest BCUT2D eigenvalue weighted by atomic mass is 16.5. The lowest BCUT2D eigenvalue weighted by atomic mass is 10.1. The molecule has 1 amide bonds. The Kier molecular flexibility index (Phi) is 2.63. The monoisotopic (exact) mass is 264 g/mol. The fraction of sp³-hybridized carbons (Fsp3) is 0.538. The number of nitrogens with zero attached hydrogens (tertiary/aromatic N) is 2. The van der Waals surface area contributed by atoms with Crippen molar-refractivity contribution in [3.63, 3.8) is 0 Å². The highest BCUT2D eigenvalue weighted by molar-refractivity contribution is 5.96. The summed E-state index contributed by atoms with van der Waals surface area (Å²) in [5.41, 5.74) is 0.0145. The molecular weight excluding hydrogens is 248 g/mol. The molecule has 0 aliphatic carbocycles. The number of amides is 1. The van der Waals surface area contributed by atoms with Gasteiger partial charge in [0.05, 0.1) is 12.6 Å². The number of aryl methyl sites for hydroxylation is 1. The summed E-state index contributed by atoms with van der Waals surface area (Å²) >= 11 is 0.